The predicted octanol–water partition coefficient (Wildman–Crippen LogP) is 2.89. The first-order valence-corrected chi connectivity index (χ1v) is 9.43. The van der Waals surface area contributed by atoms with Crippen LogP contribution in [0.3, 0.4) is 0 Å². The van der Waals surface area contributed by atoms with Gasteiger partial charge in [0.25, 0.3) is 0 Å². The number of aromatic amines is 1. The third kappa shape index (κ3) is 2.87. The summed E-state index contributed by atoms with van der Waals surface area (Å²) in [5.41, 5.74) is 2.86. The Bertz CT molecular complexity index is 761. The molecule has 24 heavy (non-hydrogen) atoms. The summed E-state index contributed by atoms with van der Waals surface area (Å²) in [5, 5.41) is 2.11. The first-order valence-electron chi connectivity index (χ1n) is 8.55. The number of aryl methyl sites for hydroxylation is 1. The Morgan fingerprint density at radius 2 is 2.12 bits per heavy atom. The number of thiophene rings is 1. The first-order chi connectivity index (χ1) is 11.4. The lowest BCUT2D eigenvalue weighted by Crippen LogP contribution is -3.14. The minimum Gasteiger partial charge on any atom is -0.355 e. The maximum atomic E-state index is 13.1. The van der Waals surface area contributed by atoms with Gasteiger partial charge < -0.3 is 9.88 Å². The quantitative estimate of drug-likeness (QED) is 0.819. The van der Waals surface area contributed by atoms with Crippen molar-refractivity contribution in [3.8, 4) is 0 Å². The van der Waals surface area contributed by atoms with E-state index in [2.05, 4.69) is 22.5 Å². The molecule has 0 saturated carbocycles. The van der Waals surface area contributed by atoms with Crippen LogP contribution < -0.4 is 4.90 Å². The van der Waals surface area contributed by atoms with Gasteiger partial charge in [0.05, 0.1) is 17.1 Å². The van der Waals surface area contributed by atoms with Crippen LogP contribution in [0.1, 0.15) is 69.7 Å². The molecule has 3 heterocycles. The zero-order valence-corrected chi connectivity index (χ0v) is 15.5. The van der Waals surface area contributed by atoms with Gasteiger partial charge in [-0.05, 0) is 44.7 Å². The minimum absolute atomic E-state index is 0.0120. The molecule has 0 aliphatic carbocycles. The Labute approximate surface area is 146 Å². The summed E-state index contributed by atoms with van der Waals surface area (Å²) in [6.45, 7) is 8.33. The van der Waals surface area contributed by atoms with Crippen LogP contribution in [-0.2, 0) is 0 Å². The number of ketones is 2. The number of quaternary nitrogens is 1. The van der Waals surface area contributed by atoms with Gasteiger partial charge in [0.2, 0.25) is 5.78 Å². The van der Waals surface area contributed by atoms with Crippen molar-refractivity contribution in [1.82, 2.24) is 4.98 Å². The van der Waals surface area contributed by atoms with Gasteiger partial charge in [-0.25, -0.2) is 0 Å². The highest BCUT2D eigenvalue weighted by Gasteiger charge is 2.39. The molecule has 0 amide bonds. The largest absolute Gasteiger partial charge is 0.355 e. The molecule has 1 unspecified atom stereocenters. The number of nitrogens with one attached hydrogen (secondary N) is 2. The van der Waals surface area contributed by atoms with Gasteiger partial charge in [-0.3, -0.25) is 9.59 Å². The van der Waals surface area contributed by atoms with E-state index >= 15 is 0 Å². The van der Waals surface area contributed by atoms with Crippen molar-refractivity contribution in [2.24, 2.45) is 0 Å². The van der Waals surface area contributed by atoms with Gasteiger partial charge in [-0.15, -0.1) is 11.3 Å². The van der Waals surface area contributed by atoms with E-state index in [-0.39, 0.29) is 17.6 Å². The normalized spacial score (nSPS) is 21.8. The second-order valence-corrected chi connectivity index (χ2v) is 7.78. The van der Waals surface area contributed by atoms with Crippen LogP contribution in [0.15, 0.2) is 17.5 Å². The number of likely N-dealkylation sites (tertiary alicyclic amines) is 1. The standard InChI is InChI=1S/C19H24N2O2S/c1-11-17(14(4)22)12(2)20-18(11)19(23)13(3)21-9-5-7-15(21)16-8-6-10-24-16/h6,8,10,13,15,20H,5,7,9H2,1-4H3/p+1/t13-,15+/m0/s1. The Hall–Kier alpha value is -1.72. The number of Topliss-reactive ketones (excluding diaryl/α,β-unsaturated/α-hetero) is 2. The lowest BCUT2D eigenvalue weighted by Gasteiger charge is -2.26. The van der Waals surface area contributed by atoms with Crippen molar-refractivity contribution in [2.45, 2.75) is 52.6 Å². The fraction of sp³-hybridized carbons (Fsp3) is 0.474. The zero-order chi connectivity index (χ0) is 17.4. The van der Waals surface area contributed by atoms with E-state index in [1.807, 2.05) is 20.8 Å². The average molecular weight is 345 g/mol. The van der Waals surface area contributed by atoms with Crippen LogP contribution in [-0.4, -0.2) is 29.1 Å². The van der Waals surface area contributed by atoms with Gasteiger partial charge in [-0.1, -0.05) is 6.07 Å². The highest BCUT2D eigenvalue weighted by molar-refractivity contribution is 7.10. The van der Waals surface area contributed by atoms with Crippen LogP contribution in [0.25, 0.3) is 0 Å². The molecular formula is C19H25N2O2S+. The van der Waals surface area contributed by atoms with Crippen molar-refractivity contribution >= 4 is 22.9 Å². The maximum Gasteiger partial charge on any atom is 0.236 e. The Morgan fingerprint density at radius 1 is 1.38 bits per heavy atom. The number of carbonyl (C=O) groups is 2. The number of carbonyl (C=O) groups excluding carboxylic acids is 2. The second-order valence-electron chi connectivity index (χ2n) is 6.80. The highest BCUT2D eigenvalue weighted by Crippen LogP contribution is 2.25. The maximum absolute atomic E-state index is 13.1. The summed E-state index contributed by atoms with van der Waals surface area (Å²) in [4.78, 5) is 30.8. The number of hydrogen-bond acceptors (Lipinski definition) is 3. The smallest absolute Gasteiger partial charge is 0.236 e. The van der Waals surface area contributed by atoms with E-state index in [9.17, 15) is 9.59 Å². The fourth-order valence-electron chi connectivity index (χ4n) is 4.11. The molecule has 0 spiro atoms. The molecule has 4 nitrogen and oxygen atoms in total. The van der Waals surface area contributed by atoms with E-state index in [1.165, 1.54) is 9.78 Å². The Morgan fingerprint density at radius 3 is 2.71 bits per heavy atom. The molecule has 2 N–H and O–H groups in total. The number of hydrogen-bond donors (Lipinski definition) is 2. The van der Waals surface area contributed by atoms with E-state index in [1.54, 1.807) is 18.3 Å². The molecule has 3 rings (SSSR count). The second kappa shape index (κ2) is 6.65. The summed E-state index contributed by atoms with van der Waals surface area (Å²) < 4.78 is 0. The van der Waals surface area contributed by atoms with Gasteiger partial charge >= 0.3 is 0 Å². The SMILES string of the molecule is CC(=O)c1c(C)[nH]c(C(=O)[C@H](C)[NH+]2CCC[C@@H]2c2cccs2)c1C. The Balaban J connectivity index is 1.87. The Kier molecular flexibility index (Phi) is 4.74. The van der Waals surface area contributed by atoms with Crippen molar-refractivity contribution in [1.29, 1.82) is 0 Å². The van der Waals surface area contributed by atoms with Crippen molar-refractivity contribution in [3.63, 3.8) is 0 Å². The molecule has 1 saturated heterocycles. The van der Waals surface area contributed by atoms with Crippen LogP contribution in [0.4, 0.5) is 0 Å². The molecule has 1 aliphatic heterocycles. The number of aromatic nitrogens is 1. The van der Waals surface area contributed by atoms with Gasteiger partial charge in [0.1, 0.15) is 6.04 Å². The topological polar surface area (TPSA) is 54.4 Å². The molecular weight excluding hydrogens is 320 g/mol. The molecule has 0 aromatic carbocycles. The number of rotatable bonds is 5. The van der Waals surface area contributed by atoms with Crippen molar-refractivity contribution in [3.05, 3.63) is 44.9 Å². The molecule has 128 valence electrons. The monoisotopic (exact) mass is 345 g/mol. The number of H-pyrrole nitrogens is 1. The molecule has 2 aromatic heterocycles. The average Bonchev–Trinajstić information content (AvgIpc) is 3.24. The summed E-state index contributed by atoms with van der Waals surface area (Å²) in [6.07, 6.45) is 2.28. The third-order valence-electron chi connectivity index (χ3n) is 5.28. The molecule has 5 heteroatoms. The van der Waals surface area contributed by atoms with Crippen LogP contribution >= 0.6 is 11.3 Å². The molecule has 3 atom stereocenters. The molecule has 0 bridgehead atoms. The van der Waals surface area contributed by atoms with E-state index in [4.69, 9.17) is 0 Å². The zero-order valence-electron chi connectivity index (χ0n) is 14.7. The summed E-state index contributed by atoms with van der Waals surface area (Å²) in [6, 6.07) is 4.55. The van der Waals surface area contributed by atoms with E-state index in [0.717, 1.165) is 30.6 Å². The summed E-state index contributed by atoms with van der Waals surface area (Å²) >= 11 is 1.78. The van der Waals surface area contributed by atoms with Gasteiger partial charge in [-0.2, -0.15) is 0 Å². The molecule has 2 aromatic rings. The highest BCUT2D eigenvalue weighted by atomic mass is 32.1. The van der Waals surface area contributed by atoms with Gasteiger partial charge in [0, 0.05) is 24.1 Å². The predicted molar refractivity (Wildman–Crippen MR) is 96.2 cm³/mol. The molecule has 1 aliphatic rings. The van der Waals surface area contributed by atoms with Crippen molar-refractivity contribution in [2.75, 3.05) is 6.54 Å². The third-order valence-corrected chi connectivity index (χ3v) is 6.26. The lowest BCUT2D eigenvalue weighted by atomic mass is 10.0. The van der Waals surface area contributed by atoms with Gasteiger partial charge in [0.15, 0.2) is 11.8 Å². The molecule has 1 fully saturated rings. The minimum atomic E-state index is -0.115. The summed E-state index contributed by atoms with van der Waals surface area (Å²) in [5.74, 6) is 0.125. The van der Waals surface area contributed by atoms with E-state index < -0.39 is 0 Å². The summed E-state index contributed by atoms with van der Waals surface area (Å²) in [7, 11) is 0. The van der Waals surface area contributed by atoms with Crippen LogP contribution in [0.2, 0.25) is 0 Å². The van der Waals surface area contributed by atoms with Crippen LogP contribution in [0.5, 0.6) is 0 Å². The lowest BCUT2D eigenvalue weighted by molar-refractivity contribution is -0.931. The first kappa shape index (κ1) is 17.1. The molecule has 0 radical (unpaired) electrons. The van der Waals surface area contributed by atoms with Crippen LogP contribution in [0, 0.1) is 13.8 Å². The van der Waals surface area contributed by atoms with Crippen molar-refractivity contribution < 1.29 is 14.5 Å². The van der Waals surface area contributed by atoms with E-state index in [0.29, 0.717) is 17.3 Å². The fourth-order valence-corrected chi connectivity index (χ4v) is 5.02.